The highest BCUT2D eigenvalue weighted by Crippen LogP contribution is 2.29. The van der Waals surface area contributed by atoms with E-state index in [0.29, 0.717) is 5.78 Å². The van der Waals surface area contributed by atoms with Gasteiger partial charge in [-0.1, -0.05) is 19.1 Å². The molecule has 2 rings (SSSR count). The normalized spacial score (nSPS) is 20.8. The van der Waals surface area contributed by atoms with E-state index >= 15 is 0 Å². The molecular formula is C13H16O. The van der Waals surface area contributed by atoms with E-state index in [1.165, 1.54) is 11.1 Å². The number of hydrogen-bond donors (Lipinski definition) is 0. The lowest BCUT2D eigenvalue weighted by atomic mass is 9.80. The van der Waals surface area contributed by atoms with Crippen molar-refractivity contribution < 1.29 is 4.79 Å². The van der Waals surface area contributed by atoms with Crippen LogP contribution in [0.25, 0.3) is 0 Å². The van der Waals surface area contributed by atoms with Crippen LogP contribution in [0.4, 0.5) is 0 Å². The quantitative estimate of drug-likeness (QED) is 0.611. The standard InChI is InChI=1S/C13H16O/c1-8-4-5-9(2)12-11(8)7-6-10(3)13(12)14/h4-5,10H,6-7H2,1-3H3. The van der Waals surface area contributed by atoms with Crippen LogP contribution in [-0.2, 0) is 6.42 Å². The lowest BCUT2D eigenvalue weighted by molar-refractivity contribution is 0.0912. The molecule has 0 aliphatic heterocycles. The van der Waals surface area contributed by atoms with E-state index in [0.717, 1.165) is 24.0 Å². The molecule has 74 valence electrons. The number of Topliss-reactive ketones (excluding diaryl/α,β-unsaturated/α-hetero) is 1. The zero-order valence-corrected chi connectivity index (χ0v) is 9.05. The molecule has 1 nitrogen and oxygen atoms in total. The predicted molar refractivity (Wildman–Crippen MR) is 57.7 cm³/mol. The number of carbonyl (C=O) groups is 1. The first kappa shape index (κ1) is 9.45. The van der Waals surface area contributed by atoms with Crippen molar-refractivity contribution in [1.29, 1.82) is 0 Å². The number of aryl methyl sites for hydroxylation is 2. The summed E-state index contributed by atoms with van der Waals surface area (Å²) in [6.07, 6.45) is 2.08. The fourth-order valence-electron chi connectivity index (χ4n) is 2.27. The van der Waals surface area contributed by atoms with E-state index in [2.05, 4.69) is 19.1 Å². The second-order valence-electron chi connectivity index (χ2n) is 4.36. The van der Waals surface area contributed by atoms with Gasteiger partial charge in [-0.2, -0.15) is 0 Å². The van der Waals surface area contributed by atoms with Gasteiger partial charge in [-0.05, 0) is 43.4 Å². The average molecular weight is 188 g/mol. The molecule has 0 radical (unpaired) electrons. The molecule has 1 aromatic carbocycles. The Hall–Kier alpha value is -1.11. The molecule has 0 bridgehead atoms. The molecule has 0 spiro atoms. The smallest absolute Gasteiger partial charge is 0.166 e. The fraction of sp³-hybridized carbons (Fsp3) is 0.462. The Kier molecular flexibility index (Phi) is 2.18. The van der Waals surface area contributed by atoms with Crippen molar-refractivity contribution in [3.05, 3.63) is 34.4 Å². The van der Waals surface area contributed by atoms with Crippen molar-refractivity contribution in [1.82, 2.24) is 0 Å². The van der Waals surface area contributed by atoms with Crippen LogP contribution in [-0.4, -0.2) is 5.78 Å². The highest BCUT2D eigenvalue weighted by atomic mass is 16.1. The molecule has 1 unspecified atom stereocenters. The minimum absolute atomic E-state index is 0.211. The van der Waals surface area contributed by atoms with E-state index in [-0.39, 0.29) is 5.92 Å². The molecule has 1 atom stereocenters. The summed E-state index contributed by atoms with van der Waals surface area (Å²) in [5, 5.41) is 0. The van der Waals surface area contributed by atoms with E-state index in [1.54, 1.807) is 0 Å². The van der Waals surface area contributed by atoms with Gasteiger partial charge in [0, 0.05) is 11.5 Å². The summed E-state index contributed by atoms with van der Waals surface area (Å²) in [6, 6.07) is 4.18. The second-order valence-corrected chi connectivity index (χ2v) is 4.36. The molecule has 0 amide bonds. The molecule has 0 heterocycles. The molecule has 1 aliphatic rings. The van der Waals surface area contributed by atoms with Crippen molar-refractivity contribution in [2.24, 2.45) is 5.92 Å². The summed E-state index contributed by atoms with van der Waals surface area (Å²) in [5.74, 6) is 0.551. The maximum Gasteiger partial charge on any atom is 0.166 e. The summed E-state index contributed by atoms with van der Waals surface area (Å²) in [6.45, 7) is 6.17. The van der Waals surface area contributed by atoms with Crippen LogP contribution < -0.4 is 0 Å². The van der Waals surface area contributed by atoms with Gasteiger partial charge in [-0.25, -0.2) is 0 Å². The van der Waals surface area contributed by atoms with Gasteiger partial charge < -0.3 is 0 Å². The third-order valence-electron chi connectivity index (χ3n) is 3.28. The molecule has 0 saturated heterocycles. The van der Waals surface area contributed by atoms with Crippen LogP contribution in [0.5, 0.6) is 0 Å². The first-order chi connectivity index (χ1) is 6.61. The number of hydrogen-bond acceptors (Lipinski definition) is 1. The van der Waals surface area contributed by atoms with Gasteiger partial charge >= 0.3 is 0 Å². The highest BCUT2D eigenvalue weighted by molar-refractivity contribution is 6.01. The van der Waals surface area contributed by atoms with Crippen LogP contribution in [0.15, 0.2) is 12.1 Å². The maximum absolute atomic E-state index is 12.0. The summed E-state index contributed by atoms with van der Waals surface area (Å²) in [4.78, 5) is 12.0. The largest absolute Gasteiger partial charge is 0.294 e. The third kappa shape index (κ3) is 1.28. The van der Waals surface area contributed by atoms with Gasteiger partial charge in [0.2, 0.25) is 0 Å². The zero-order chi connectivity index (χ0) is 10.3. The molecule has 1 heteroatoms. The SMILES string of the molecule is Cc1ccc(C)c2c1CCC(C)C2=O. The minimum Gasteiger partial charge on any atom is -0.294 e. The zero-order valence-electron chi connectivity index (χ0n) is 9.05. The van der Waals surface area contributed by atoms with Gasteiger partial charge in [0.25, 0.3) is 0 Å². The van der Waals surface area contributed by atoms with Crippen LogP contribution in [0.2, 0.25) is 0 Å². The molecular weight excluding hydrogens is 172 g/mol. The number of ketones is 1. The fourth-order valence-corrected chi connectivity index (χ4v) is 2.27. The number of benzene rings is 1. The molecule has 14 heavy (non-hydrogen) atoms. The van der Waals surface area contributed by atoms with Crippen molar-refractivity contribution in [2.75, 3.05) is 0 Å². The van der Waals surface area contributed by atoms with Gasteiger partial charge in [-0.3, -0.25) is 4.79 Å². The van der Waals surface area contributed by atoms with Crippen molar-refractivity contribution in [3.63, 3.8) is 0 Å². The summed E-state index contributed by atoms with van der Waals surface area (Å²) in [5.41, 5.74) is 4.70. The Morgan fingerprint density at radius 1 is 1.21 bits per heavy atom. The van der Waals surface area contributed by atoms with Gasteiger partial charge in [-0.15, -0.1) is 0 Å². The predicted octanol–water partition coefficient (Wildman–Crippen LogP) is 3.07. The Balaban J connectivity index is 2.64. The average Bonchev–Trinajstić information content (AvgIpc) is 2.16. The molecule has 1 aliphatic carbocycles. The highest BCUT2D eigenvalue weighted by Gasteiger charge is 2.26. The van der Waals surface area contributed by atoms with Crippen LogP contribution in [0, 0.1) is 19.8 Å². The number of rotatable bonds is 0. The van der Waals surface area contributed by atoms with Crippen LogP contribution in [0.1, 0.15) is 40.4 Å². The van der Waals surface area contributed by atoms with Crippen LogP contribution in [0.3, 0.4) is 0 Å². The number of fused-ring (bicyclic) bond motifs is 1. The van der Waals surface area contributed by atoms with Crippen molar-refractivity contribution in [2.45, 2.75) is 33.6 Å². The van der Waals surface area contributed by atoms with E-state index in [9.17, 15) is 4.79 Å². The Bertz CT molecular complexity index is 390. The maximum atomic E-state index is 12.0. The first-order valence-corrected chi connectivity index (χ1v) is 5.24. The molecule has 0 aromatic heterocycles. The lowest BCUT2D eigenvalue weighted by Crippen LogP contribution is -2.22. The molecule has 0 N–H and O–H groups in total. The van der Waals surface area contributed by atoms with Gasteiger partial charge in [0.1, 0.15) is 0 Å². The van der Waals surface area contributed by atoms with Gasteiger partial charge in [0.15, 0.2) is 5.78 Å². The summed E-state index contributed by atoms with van der Waals surface area (Å²) < 4.78 is 0. The summed E-state index contributed by atoms with van der Waals surface area (Å²) >= 11 is 0. The van der Waals surface area contributed by atoms with Crippen molar-refractivity contribution in [3.8, 4) is 0 Å². The van der Waals surface area contributed by atoms with E-state index < -0.39 is 0 Å². The third-order valence-corrected chi connectivity index (χ3v) is 3.28. The molecule has 1 aromatic rings. The van der Waals surface area contributed by atoms with Crippen LogP contribution >= 0.6 is 0 Å². The Morgan fingerprint density at radius 2 is 1.86 bits per heavy atom. The van der Waals surface area contributed by atoms with E-state index in [4.69, 9.17) is 0 Å². The lowest BCUT2D eigenvalue weighted by Gasteiger charge is -2.23. The first-order valence-electron chi connectivity index (χ1n) is 5.24. The van der Waals surface area contributed by atoms with Gasteiger partial charge in [0.05, 0.1) is 0 Å². The van der Waals surface area contributed by atoms with Crippen molar-refractivity contribution >= 4 is 5.78 Å². The topological polar surface area (TPSA) is 17.1 Å². The minimum atomic E-state index is 0.211. The Morgan fingerprint density at radius 3 is 2.57 bits per heavy atom. The molecule has 0 saturated carbocycles. The molecule has 0 fully saturated rings. The monoisotopic (exact) mass is 188 g/mol. The Labute approximate surface area is 85.1 Å². The van der Waals surface area contributed by atoms with E-state index in [1.807, 2.05) is 13.8 Å². The number of carbonyl (C=O) groups excluding carboxylic acids is 1. The summed E-state index contributed by atoms with van der Waals surface area (Å²) in [7, 11) is 0. The second kappa shape index (κ2) is 3.23.